The lowest BCUT2D eigenvalue weighted by molar-refractivity contribution is 0.660. The fourth-order valence-electron chi connectivity index (χ4n) is 9.20. The van der Waals surface area contributed by atoms with E-state index in [0.29, 0.717) is 0 Å². The summed E-state index contributed by atoms with van der Waals surface area (Å²) in [5.41, 5.74) is 17.2. The molecule has 2 heteroatoms. The zero-order valence-electron chi connectivity index (χ0n) is 31.9. The van der Waals surface area contributed by atoms with Crippen LogP contribution in [0.2, 0.25) is 0 Å². The number of anilines is 3. The van der Waals surface area contributed by atoms with Crippen LogP contribution in [0.1, 0.15) is 25.0 Å². The Labute approximate surface area is 332 Å². The molecule has 10 aromatic rings. The highest BCUT2D eigenvalue weighted by Gasteiger charge is 2.36. The lowest BCUT2D eigenvalue weighted by atomic mass is 9.82. The molecule has 2 nitrogen and oxygen atoms in total. The third kappa shape index (κ3) is 5.40. The number of benzene rings is 9. The van der Waals surface area contributed by atoms with Gasteiger partial charge in [-0.25, -0.2) is 0 Å². The SMILES string of the molecule is CC1(C)c2ccccc2-c2ccc(N(c3ccc(-c4ccc5ccccc5c4)cc3)c3ccc4oc5ccccc5c4c3-c3cccc(-c4ccccc4)c3)cc21. The van der Waals surface area contributed by atoms with Gasteiger partial charge in [-0.2, -0.15) is 0 Å². The second kappa shape index (κ2) is 13.0. The van der Waals surface area contributed by atoms with Gasteiger partial charge in [0.25, 0.3) is 0 Å². The maximum atomic E-state index is 6.58. The average Bonchev–Trinajstić information content (AvgIpc) is 3.76. The van der Waals surface area contributed by atoms with Crippen molar-refractivity contribution in [2.24, 2.45) is 0 Å². The van der Waals surface area contributed by atoms with Crippen molar-refractivity contribution in [1.82, 2.24) is 0 Å². The van der Waals surface area contributed by atoms with Crippen LogP contribution in [-0.4, -0.2) is 0 Å². The van der Waals surface area contributed by atoms with Gasteiger partial charge in [-0.15, -0.1) is 0 Å². The van der Waals surface area contributed by atoms with Crippen molar-refractivity contribution in [1.29, 1.82) is 0 Å². The molecule has 0 saturated heterocycles. The van der Waals surface area contributed by atoms with E-state index in [0.717, 1.165) is 50.1 Å². The highest BCUT2D eigenvalue weighted by molar-refractivity contribution is 6.16. The van der Waals surface area contributed by atoms with Crippen molar-refractivity contribution in [2.45, 2.75) is 19.3 Å². The Morgan fingerprint density at radius 1 is 0.404 bits per heavy atom. The molecule has 0 atom stereocenters. The van der Waals surface area contributed by atoms with E-state index in [1.54, 1.807) is 0 Å². The first-order chi connectivity index (χ1) is 28.0. The lowest BCUT2D eigenvalue weighted by Crippen LogP contribution is -2.17. The van der Waals surface area contributed by atoms with Crippen molar-refractivity contribution < 1.29 is 4.42 Å². The molecule has 0 radical (unpaired) electrons. The Bertz CT molecular complexity index is 3150. The number of nitrogens with zero attached hydrogens (tertiary/aromatic N) is 1. The first-order valence-corrected chi connectivity index (χ1v) is 19.8. The summed E-state index contributed by atoms with van der Waals surface area (Å²) < 4.78 is 6.58. The maximum absolute atomic E-state index is 6.58. The van der Waals surface area contributed by atoms with Crippen LogP contribution in [-0.2, 0) is 5.41 Å². The number of rotatable bonds is 6. The minimum absolute atomic E-state index is 0.148. The fourth-order valence-corrected chi connectivity index (χ4v) is 9.20. The van der Waals surface area contributed by atoms with Crippen molar-refractivity contribution in [3.63, 3.8) is 0 Å². The molecule has 1 aliphatic carbocycles. The van der Waals surface area contributed by atoms with E-state index >= 15 is 0 Å². The smallest absolute Gasteiger partial charge is 0.136 e. The molecule has 57 heavy (non-hydrogen) atoms. The number of hydrogen-bond donors (Lipinski definition) is 0. The standard InChI is InChI=1S/C55H39NO/c1-55(2)48-21-10-8-19-45(48)46-30-29-44(35-49(46)55)56(43-27-25-38(26-28-43)41-24-23-37-15-6-7-16-39(37)33-41)50-31-32-52-54(47-20-9-11-22-51(47)57-52)53(50)42-18-12-17-40(34-42)36-13-4-3-5-14-36/h3-35H,1-2H3. The highest BCUT2D eigenvalue weighted by atomic mass is 16.3. The van der Waals surface area contributed by atoms with Crippen LogP contribution < -0.4 is 4.90 Å². The van der Waals surface area contributed by atoms with Gasteiger partial charge in [0.05, 0.1) is 5.69 Å². The molecule has 0 N–H and O–H groups in total. The molecule has 1 heterocycles. The summed E-state index contributed by atoms with van der Waals surface area (Å²) >= 11 is 0. The van der Waals surface area contributed by atoms with Gasteiger partial charge in [0, 0.05) is 33.1 Å². The van der Waals surface area contributed by atoms with Crippen LogP contribution in [0.25, 0.3) is 77.2 Å². The summed E-state index contributed by atoms with van der Waals surface area (Å²) in [4.78, 5) is 2.45. The third-order valence-electron chi connectivity index (χ3n) is 12.1. The Morgan fingerprint density at radius 3 is 1.93 bits per heavy atom. The van der Waals surface area contributed by atoms with Crippen molar-refractivity contribution in [2.75, 3.05) is 4.90 Å². The Kier molecular flexibility index (Phi) is 7.55. The molecular weight excluding hydrogens is 691 g/mol. The van der Waals surface area contributed by atoms with Gasteiger partial charge in [0.15, 0.2) is 0 Å². The highest BCUT2D eigenvalue weighted by Crippen LogP contribution is 2.52. The van der Waals surface area contributed by atoms with Gasteiger partial charge in [-0.1, -0.05) is 159 Å². The summed E-state index contributed by atoms with van der Waals surface area (Å²) in [6.07, 6.45) is 0. The summed E-state index contributed by atoms with van der Waals surface area (Å²) in [5.74, 6) is 0. The second-order valence-corrected chi connectivity index (χ2v) is 15.7. The minimum Gasteiger partial charge on any atom is -0.456 e. The molecule has 0 aliphatic heterocycles. The summed E-state index contributed by atoms with van der Waals surface area (Å²) in [5, 5.41) is 4.70. The molecule has 0 bridgehead atoms. The van der Waals surface area contributed by atoms with E-state index in [2.05, 4.69) is 219 Å². The Morgan fingerprint density at radius 2 is 1.05 bits per heavy atom. The first-order valence-electron chi connectivity index (χ1n) is 19.8. The monoisotopic (exact) mass is 729 g/mol. The van der Waals surface area contributed by atoms with Crippen LogP contribution in [0.3, 0.4) is 0 Å². The summed E-state index contributed by atoms with van der Waals surface area (Å²) in [6.45, 7) is 4.71. The third-order valence-corrected chi connectivity index (χ3v) is 12.1. The van der Waals surface area contributed by atoms with E-state index in [9.17, 15) is 0 Å². The molecule has 0 amide bonds. The van der Waals surface area contributed by atoms with Crippen LogP contribution in [0.15, 0.2) is 205 Å². The molecular formula is C55H39NO. The van der Waals surface area contributed by atoms with E-state index in [1.165, 1.54) is 55.3 Å². The molecule has 0 saturated carbocycles. The van der Waals surface area contributed by atoms with Crippen LogP contribution in [0.5, 0.6) is 0 Å². The van der Waals surface area contributed by atoms with Gasteiger partial charge in [-0.05, 0) is 115 Å². The van der Waals surface area contributed by atoms with Gasteiger partial charge in [-0.3, -0.25) is 0 Å². The molecule has 11 rings (SSSR count). The van der Waals surface area contributed by atoms with Crippen molar-refractivity contribution >= 4 is 49.8 Å². The predicted molar refractivity (Wildman–Crippen MR) is 240 cm³/mol. The second-order valence-electron chi connectivity index (χ2n) is 15.7. The van der Waals surface area contributed by atoms with Gasteiger partial charge in [0.2, 0.25) is 0 Å². The van der Waals surface area contributed by atoms with Crippen LogP contribution in [0, 0.1) is 0 Å². The Balaban J connectivity index is 1.16. The molecule has 1 aliphatic rings. The summed E-state index contributed by atoms with van der Waals surface area (Å²) in [6, 6.07) is 72.7. The van der Waals surface area contributed by atoms with Crippen molar-refractivity contribution in [3.8, 4) is 44.5 Å². The topological polar surface area (TPSA) is 16.4 Å². The van der Waals surface area contributed by atoms with E-state index in [1.807, 2.05) is 0 Å². The van der Waals surface area contributed by atoms with Crippen molar-refractivity contribution in [3.05, 3.63) is 211 Å². The number of furan rings is 1. The quantitative estimate of drug-likeness (QED) is 0.169. The maximum Gasteiger partial charge on any atom is 0.136 e. The molecule has 1 aromatic heterocycles. The van der Waals surface area contributed by atoms with Gasteiger partial charge < -0.3 is 9.32 Å². The lowest BCUT2D eigenvalue weighted by Gasteiger charge is -2.30. The van der Waals surface area contributed by atoms with Crippen LogP contribution in [0.4, 0.5) is 17.1 Å². The molecule has 9 aromatic carbocycles. The zero-order chi connectivity index (χ0) is 38.1. The van der Waals surface area contributed by atoms with E-state index in [-0.39, 0.29) is 5.41 Å². The fraction of sp³-hybridized carbons (Fsp3) is 0.0545. The number of hydrogen-bond acceptors (Lipinski definition) is 2. The Hall–Kier alpha value is -7.16. The normalized spacial score (nSPS) is 12.9. The van der Waals surface area contributed by atoms with Gasteiger partial charge >= 0.3 is 0 Å². The number of para-hydroxylation sites is 1. The predicted octanol–water partition coefficient (Wildman–Crippen LogP) is 15.5. The number of fused-ring (bicyclic) bond motifs is 7. The van der Waals surface area contributed by atoms with Gasteiger partial charge in [0.1, 0.15) is 11.2 Å². The molecule has 0 fully saturated rings. The van der Waals surface area contributed by atoms with Crippen LogP contribution >= 0.6 is 0 Å². The average molecular weight is 730 g/mol. The van der Waals surface area contributed by atoms with E-state index < -0.39 is 0 Å². The minimum atomic E-state index is -0.148. The zero-order valence-corrected chi connectivity index (χ0v) is 31.9. The first kappa shape index (κ1) is 33.2. The molecule has 270 valence electrons. The van der Waals surface area contributed by atoms with E-state index in [4.69, 9.17) is 4.42 Å². The molecule has 0 unspecified atom stereocenters. The summed E-state index contributed by atoms with van der Waals surface area (Å²) in [7, 11) is 0. The largest absolute Gasteiger partial charge is 0.456 e. The molecule has 0 spiro atoms.